The van der Waals surface area contributed by atoms with E-state index in [9.17, 15) is 9.59 Å². The van der Waals surface area contributed by atoms with Crippen molar-refractivity contribution < 1.29 is 33.3 Å². The van der Waals surface area contributed by atoms with Crippen molar-refractivity contribution in [1.82, 2.24) is 0 Å². The van der Waals surface area contributed by atoms with Gasteiger partial charge in [0.2, 0.25) is 0 Å². The molecule has 0 aromatic heterocycles. The van der Waals surface area contributed by atoms with Crippen molar-refractivity contribution in [2.45, 2.75) is 25.6 Å². The number of rotatable bonds is 16. The highest BCUT2D eigenvalue weighted by Gasteiger charge is 2.23. The van der Waals surface area contributed by atoms with E-state index in [0.29, 0.717) is 50.1 Å². The summed E-state index contributed by atoms with van der Waals surface area (Å²) in [6, 6.07) is 21.1. The van der Waals surface area contributed by atoms with Crippen LogP contribution in [-0.4, -0.2) is 50.4 Å². The van der Waals surface area contributed by atoms with Crippen LogP contribution in [0.4, 0.5) is 0 Å². The number of halogens is 1. The molecule has 3 aromatic rings. The largest absolute Gasteiger partial charge is 0.491 e. The molecule has 0 heterocycles. The van der Waals surface area contributed by atoms with Crippen LogP contribution in [0.2, 0.25) is 0 Å². The first kappa shape index (κ1) is 30.9. The minimum atomic E-state index is -0.722. The van der Waals surface area contributed by atoms with Crippen LogP contribution in [0.15, 0.2) is 85.5 Å². The van der Waals surface area contributed by atoms with E-state index < -0.39 is 17.3 Å². The van der Waals surface area contributed by atoms with Gasteiger partial charge in [-0.25, -0.2) is 4.79 Å². The Labute approximate surface area is 240 Å². The van der Waals surface area contributed by atoms with Gasteiger partial charge in [0.05, 0.1) is 32.0 Å². The molecule has 0 bridgehead atoms. The average molecular weight is 567 g/mol. The smallest absolute Gasteiger partial charge is 0.343 e. The van der Waals surface area contributed by atoms with Gasteiger partial charge in [-0.2, -0.15) is 0 Å². The normalized spacial score (nSPS) is 12.3. The Kier molecular flexibility index (Phi) is 12.7. The topological polar surface area (TPSA) is 80.3 Å². The molecule has 3 rings (SSSR count). The van der Waals surface area contributed by atoms with Gasteiger partial charge in [-0.3, -0.25) is 4.79 Å². The van der Waals surface area contributed by atoms with Gasteiger partial charge in [0, 0.05) is 0 Å². The van der Waals surface area contributed by atoms with Crippen LogP contribution in [0.3, 0.4) is 0 Å². The predicted molar refractivity (Wildman–Crippen MR) is 155 cm³/mol. The molecule has 0 aliphatic rings. The number of alkyl halides is 1. The van der Waals surface area contributed by atoms with Gasteiger partial charge in [-0.1, -0.05) is 50.6 Å². The van der Waals surface area contributed by atoms with Crippen LogP contribution in [0.5, 0.6) is 17.2 Å². The van der Waals surface area contributed by atoms with Crippen LogP contribution in [0, 0.1) is 5.92 Å². The highest BCUT2D eigenvalue weighted by atomic mass is 35.5. The van der Waals surface area contributed by atoms with Crippen LogP contribution in [0.25, 0.3) is 11.1 Å². The molecule has 40 heavy (non-hydrogen) atoms. The summed E-state index contributed by atoms with van der Waals surface area (Å²) in [5.41, 5.74) is 2.35. The molecule has 212 valence electrons. The fourth-order valence-corrected chi connectivity index (χ4v) is 3.72. The lowest BCUT2D eigenvalue weighted by Gasteiger charge is -2.15. The van der Waals surface area contributed by atoms with E-state index in [2.05, 4.69) is 6.58 Å². The summed E-state index contributed by atoms with van der Waals surface area (Å²) >= 11 is 6.14. The van der Waals surface area contributed by atoms with Gasteiger partial charge < -0.3 is 23.7 Å². The summed E-state index contributed by atoms with van der Waals surface area (Å²) in [6.45, 7) is 9.91. The first-order valence-electron chi connectivity index (χ1n) is 13.2. The zero-order valence-corrected chi connectivity index (χ0v) is 23.6. The summed E-state index contributed by atoms with van der Waals surface area (Å²) in [4.78, 5) is 24.8. The first-order chi connectivity index (χ1) is 19.4. The first-order valence-corrected chi connectivity index (χ1v) is 13.6. The molecule has 0 amide bonds. The van der Waals surface area contributed by atoms with E-state index in [1.807, 2.05) is 50.2 Å². The Bertz CT molecular complexity index is 1210. The highest BCUT2D eigenvalue weighted by molar-refractivity contribution is 6.30. The molecule has 8 heteroatoms. The Morgan fingerprint density at radius 1 is 0.775 bits per heavy atom. The summed E-state index contributed by atoms with van der Waals surface area (Å²) < 4.78 is 27.2. The second kappa shape index (κ2) is 16.5. The molecule has 0 spiro atoms. The molecule has 3 aromatic carbocycles. The second-order valence-corrected chi connectivity index (χ2v) is 9.47. The molecule has 0 aliphatic heterocycles. The van der Waals surface area contributed by atoms with Crippen molar-refractivity contribution in [1.29, 1.82) is 0 Å². The summed E-state index contributed by atoms with van der Waals surface area (Å²) in [7, 11) is 0. The summed E-state index contributed by atoms with van der Waals surface area (Å²) in [5.74, 6) is 0.415. The van der Waals surface area contributed by atoms with Gasteiger partial charge >= 0.3 is 11.9 Å². The van der Waals surface area contributed by atoms with E-state index in [0.717, 1.165) is 23.3 Å². The van der Waals surface area contributed by atoms with Crippen LogP contribution >= 0.6 is 11.6 Å². The predicted octanol–water partition coefficient (Wildman–Crippen LogP) is 6.73. The Balaban J connectivity index is 1.45. The molecule has 0 aliphatic carbocycles. The van der Waals surface area contributed by atoms with Gasteiger partial charge in [-0.15, -0.1) is 18.2 Å². The van der Waals surface area contributed by atoms with E-state index in [1.54, 1.807) is 42.5 Å². The van der Waals surface area contributed by atoms with Crippen LogP contribution in [-0.2, 0) is 14.3 Å². The van der Waals surface area contributed by atoms with E-state index >= 15 is 0 Å². The van der Waals surface area contributed by atoms with Gasteiger partial charge in [0.25, 0.3) is 0 Å². The van der Waals surface area contributed by atoms with Crippen LogP contribution < -0.4 is 14.2 Å². The number of hydrogen-bond acceptors (Lipinski definition) is 7. The summed E-state index contributed by atoms with van der Waals surface area (Å²) in [6.07, 6.45) is 2.47. The quantitative estimate of drug-likeness (QED) is 0.0625. The maximum Gasteiger partial charge on any atom is 0.343 e. The Morgan fingerprint density at radius 3 is 1.90 bits per heavy atom. The zero-order valence-electron chi connectivity index (χ0n) is 22.8. The average Bonchev–Trinajstić information content (AvgIpc) is 2.99. The molecule has 2 atom stereocenters. The minimum Gasteiger partial charge on any atom is -0.491 e. The lowest BCUT2D eigenvalue weighted by molar-refractivity contribution is -0.134. The maximum absolute atomic E-state index is 12.6. The van der Waals surface area contributed by atoms with E-state index in [4.69, 9.17) is 35.3 Å². The molecule has 0 saturated carbocycles. The van der Waals surface area contributed by atoms with Crippen molar-refractivity contribution in [2.24, 2.45) is 5.92 Å². The monoisotopic (exact) mass is 566 g/mol. The van der Waals surface area contributed by atoms with Gasteiger partial charge in [0.15, 0.2) is 0 Å². The highest BCUT2D eigenvalue weighted by Crippen LogP contribution is 2.25. The van der Waals surface area contributed by atoms with Crippen LogP contribution in [0.1, 0.15) is 30.6 Å². The summed E-state index contributed by atoms with van der Waals surface area (Å²) in [5, 5.41) is -0.722. The Morgan fingerprint density at radius 2 is 1.30 bits per heavy atom. The fraction of sp³-hybridized carbons (Fsp3) is 0.312. The van der Waals surface area contributed by atoms with Crippen molar-refractivity contribution in [3.8, 4) is 28.4 Å². The third kappa shape index (κ3) is 9.83. The number of hydrogen-bond donors (Lipinski definition) is 0. The fourth-order valence-electron chi connectivity index (χ4n) is 3.50. The van der Waals surface area contributed by atoms with Gasteiger partial charge in [-0.05, 0) is 65.6 Å². The maximum atomic E-state index is 12.6. The van der Waals surface area contributed by atoms with Crippen molar-refractivity contribution in [2.75, 3.05) is 33.0 Å². The van der Waals surface area contributed by atoms with Crippen molar-refractivity contribution >= 4 is 23.5 Å². The van der Waals surface area contributed by atoms with E-state index in [-0.39, 0.29) is 5.92 Å². The third-order valence-electron chi connectivity index (χ3n) is 6.03. The standard InChI is InChI=1S/C32H35ClO7/c1-4-18-36-19-20-37-21-22-38-27-12-10-25(11-13-27)24-6-8-26(9-7-24)31(34)39-28-14-16-29(17-15-28)40-32(35)30(33)23(3)5-2/h4,6-17,23,30H,1,5,18-22H2,2-3H3. The number of ether oxygens (including phenoxy) is 5. The molecule has 0 fully saturated rings. The number of carbonyl (C=O) groups is 2. The molecule has 0 N–H and O–H groups in total. The molecule has 7 nitrogen and oxygen atoms in total. The number of esters is 2. The lowest BCUT2D eigenvalue weighted by Crippen LogP contribution is -2.26. The molecule has 2 unspecified atom stereocenters. The molecule has 0 saturated heterocycles. The van der Waals surface area contributed by atoms with Crippen molar-refractivity contribution in [3.05, 3.63) is 91.0 Å². The third-order valence-corrected chi connectivity index (χ3v) is 6.64. The molecular weight excluding hydrogens is 532 g/mol. The van der Waals surface area contributed by atoms with Crippen molar-refractivity contribution in [3.63, 3.8) is 0 Å². The number of carbonyl (C=O) groups excluding carboxylic acids is 2. The number of benzene rings is 3. The Hall–Kier alpha value is -3.65. The second-order valence-electron chi connectivity index (χ2n) is 9.00. The molecule has 0 radical (unpaired) electrons. The van der Waals surface area contributed by atoms with E-state index in [1.165, 1.54) is 0 Å². The molecular formula is C32H35ClO7. The van der Waals surface area contributed by atoms with Gasteiger partial charge in [0.1, 0.15) is 29.2 Å². The lowest BCUT2D eigenvalue weighted by atomic mass is 10.0. The SMILES string of the molecule is C=CCOCCOCCOc1ccc(-c2ccc(C(=O)Oc3ccc(OC(=O)C(Cl)C(C)CC)cc3)cc2)cc1. The minimum absolute atomic E-state index is 0.00339. The zero-order chi connectivity index (χ0) is 28.7.